The van der Waals surface area contributed by atoms with Crippen molar-refractivity contribution in [3.8, 4) is 11.5 Å². The van der Waals surface area contributed by atoms with Crippen molar-refractivity contribution in [3.05, 3.63) is 58.1 Å². The number of nitro benzene ring substituents is 1. The second-order valence-electron chi connectivity index (χ2n) is 5.57. The zero-order valence-corrected chi connectivity index (χ0v) is 15.0. The first-order valence-corrected chi connectivity index (χ1v) is 8.57. The van der Waals surface area contributed by atoms with Gasteiger partial charge in [0.1, 0.15) is 11.5 Å². The van der Waals surface area contributed by atoms with Crippen molar-refractivity contribution in [3.63, 3.8) is 0 Å². The number of hydrogen-bond donors (Lipinski definition) is 1. The van der Waals surface area contributed by atoms with E-state index < -0.39 is 4.92 Å². The van der Waals surface area contributed by atoms with E-state index >= 15 is 0 Å². The summed E-state index contributed by atoms with van der Waals surface area (Å²) in [5.41, 5.74) is 4.37. The van der Waals surface area contributed by atoms with E-state index in [9.17, 15) is 10.1 Å². The van der Waals surface area contributed by atoms with E-state index in [0.29, 0.717) is 24.7 Å². The molecule has 138 valence electrons. The van der Waals surface area contributed by atoms with Crippen LogP contribution in [0, 0.1) is 10.1 Å². The van der Waals surface area contributed by atoms with Gasteiger partial charge in [0.15, 0.2) is 0 Å². The molecule has 7 nitrogen and oxygen atoms in total. The fourth-order valence-electron chi connectivity index (χ4n) is 2.10. The monoisotopic (exact) mass is 357 g/mol. The molecular weight excluding hydrogens is 334 g/mol. The highest BCUT2D eigenvalue weighted by atomic mass is 16.6. The SMILES string of the molecule is CCCOc1ccc(/C=N\Nc2ccc([N+](=O)[O-])cc2)c(OCCC)c1. The van der Waals surface area contributed by atoms with Crippen molar-refractivity contribution in [2.24, 2.45) is 5.10 Å². The fourth-order valence-corrected chi connectivity index (χ4v) is 2.10. The lowest BCUT2D eigenvalue weighted by molar-refractivity contribution is -0.384. The van der Waals surface area contributed by atoms with E-state index in [2.05, 4.69) is 17.5 Å². The van der Waals surface area contributed by atoms with E-state index in [1.54, 1.807) is 18.3 Å². The standard InChI is InChI=1S/C19H23N3O4/c1-3-11-25-18-10-5-15(19(13-18)26-12-4-2)14-20-21-16-6-8-17(9-7-16)22(23)24/h5-10,13-14,21H,3-4,11-12H2,1-2H3/b20-14-. The van der Waals surface area contributed by atoms with E-state index in [1.165, 1.54) is 12.1 Å². The summed E-state index contributed by atoms with van der Waals surface area (Å²) >= 11 is 0. The van der Waals surface area contributed by atoms with Crippen LogP contribution in [0.2, 0.25) is 0 Å². The van der Waals surface area contributed by atoms with Gasteiger partial charge in [-0.2, -0.15) is 5.10 Å². The van der Waals surface area contributed by atoms with Crippen LogP contribution in [0.15, 0.2) is 47.6 Å². The Morgan fingerprint density at radius 3 is 2.42 bits per heavy atom. The highest BCUT2D eigenvalue weighted by molar-refractivity contribution is 5.84. The summed E-state index contributed by atoms with van der Waals surface area (Å²) in [5, 5.41) is 14.8. The molecule has 0 atom stereocenters. The third-order valence-electron chi connectivity index (χ3n) is 3.39. The van der Waals surface area contributed by atoms with Crippen LogP contribution in [-0.2, 0) is 0 Å². The summed E-state index contributed by atoms with van der Waals surface area (Å²) in [4.78, 5) is 10.2. The molecule has 2 aromatic rings. The Bertz CT molecular complexity index is 745. The molecule has 2 aromatic carbocycles. The van der Waals surface area contributed by atoms with Gasteiger partial charge in [-0.3, -0.25) is 15.5 Å². The molecule has 0 aliphatic heterocycles. The van der Waals surface area contributed by atoms with Crippen LogP contribution < -0.4 is 14.9 Å². The van der Waals surface area contributed by atoms with Gasteiger partial charge in [-0.15, -0.1) is 0 Å². The summed E-state index contributed by atoms with van der Waals surface area (Å²) < 4.78 is 11.4. The van der Waals surface area contributed by atoms with Gasteiger partial charge in [0.2, 0.25) is 0 Å². The molecule has 0 amide bonds. The van der Waals surface area contributed by atoms with Gasteiger partial charge in [-0.1, -0.05) is 13.8 Å². The predicted octanol–water partition coefficient (Wildman–Crippen LogP) is 4.62. The number of non-ortho nitro benzene ring substituents is 1. The highest BCUT2D eigenvalue weighted by Crippen LogP contribution is 2.24. The summed E-state index contributed by atoms with van der Waals surface area (Å²) in [7, 11) is 0. The van der Waals surface area contributed by atoms with Gasteiger partial charge in [-0.25, -0.2) is 0 Å². The molecule has 26 heavy (non-hydrogen) atoms. The predicted molar refractivity (Wildman–Crippen MR) is 102 cm³/mol. The minimum Gasteiger partial charge on any atom is -0.493 e. The van der Waals surface area contributed by atoms with Crippen LogP contribution in [-0.4, -0.2) is 24.4 Å². The number of hydrazone groups is 1. The Hall–Kier alpha value is -3.09. The second kappa shape index (κ2) is 10.0. The molecule has 0 aromatic heterocycles. The van der Waals surface area contributed by atoms with Crippen LogP contribution in [0.25, 0.3) is 0 Å². The molecule has 0 bridgehead atoms. The molecule has 2 rings (SSSR count). The lowest BCUT2D eigenvalue weighted by atomic mass is 10.2. The van der Waals surface area contributed by atoms with Crippen LogP contribution in [0.4, 0.5) is 11.4 Å². The Morgan fingerprint density at radius 1 is 1.08 bits per heavy atom. The van der Waals surface area contributed by atoms with E-state index in [4.69, 9.17) is 9.47 Å². The smallest absolute Gasteiger partial charge is 0.269 e. The number of benzene rings is 2. The molecule has 0 aliphatic rings. The maximum absolute atomic E-state index is 10.7. The molecule has 0 spiro atoms. The molecule has 0 saturated heterocycles. The van der Waals surface area contributed by atoms with E-state index in [-0.39, 0.29) is 5.69 Å². The summed E-state index contributed by atoms with van der Waals surface area (Å²) in [6.07, 6.45) is 3.49. The fraction of sp³-hybridized carbons (Fsp3) is 0.316. The van der Waals surface area contributed by atoms with Gasteiger partial charge < -0.3 is 9.47 Å². The number of rotatable bonds is 10. The molecular formula is C19H23N3O4. The topological polar surface area (TPSA) is 86.0 Å². The summed E-state index contributed by atoms with van der Waals surface area (Å²) in [5.74, 6) is 1.47. The largest absolute Gasteiger partial charge is 0.493 e. The molecule has 0 fully saturated rings. The van der Waals surface area contributed by atoms with E-state index in [0.717, 1.165) is 24.2 Å². The van der Waals surface area contributed by atoms with Crippen molar-refractivity contribution in [1.82, 2.24) is 0 Å². The molecule has 7 heteroatoms. The molecule has 0 radical (unpaired) electrons. The Balaban J connectivity index is 2.07. The van der Waals surface area contributed by atoms with Crippen LogP contribution in [0.1, 0.15) is 32.3 Å². The lowest BCUT2D eigenvalue weighted by Crippen LogP contribution is -2.01. The quantitative estimate of drug-likeness (QED) is 0.381. The minimum atomic E-state index is -0.438. The highest BCUT2D eigenvalue weighted by Gasteiger charge is 2.05. The van der Waals surface area contributed by atoms with Crippen molar-refractivity contribution < 1.29 is 14.4 Å². The number of hydrogen-bond acceptors (Lipinski definition) is 6. The Morgan fingerprint density at radius 2 is 1.77 bits per heavy atom. The molecule has 0 aliphatic carbocycles. The Kier molecular flexibility index (Phi) is 7.42. The van der Waals surface area contributed by atoms with Crippen molar-refractivity contribution >= 4 is 17.6 Å². The van der Waals surface area contributed by atoms with E-state index in [1.807, 2.05) is 25.1 Å². The molecule has 1 N–H and O–H groups in total. The average Bonchev–Trinajstić information content (AvgIpc) is 2.66. The first kappa shape index (κ1) is 19.2. The van der Waals surface area contributed by atoms with Crippen LogP contribution >= 0.6 is 0 Å². The first-order chi connectivity index (χ1) is 12.6. The lowest BCUT2D eigenvalue weighted by Gasteiger charge is -2.11. The normalized spacial score (nSPS) is 10.7. The Labute approximate surface area is 152 Å². The van der Waals surface area contributed by atoms with Gasteiger partial charge in [-0.05, 0) is 37.1 Å². The van der Waals surface area contributed by atoms with Gasteiger partial charge in [0.25, 0.3) is 5.69 Å². The zero-order chi connectivity index (χ0) is 18.8. The first-order valence-electron chi connectivity index (χ1n) is 8.57. The van der Waals surface area contributed by atoms with Crippen LogP contribution in [0.5, 0.6) is 11.5 Å². The third kappa shape index (κ3) is 5.77. The number of anilines is 1. The zero-order valence-electron chi connectivity index (χ0n) is 15.0. The molecule has 0 heterocycles. The summed E-state index contributed by atoms with van der Waals surface area (Å²) in [6.45, 7) is 5.36. The number of ether oxygens (including phenoxy) is 2. The number of nitrogens with zero attached hydrogens (tertiary/aromatic N) is 2. The second-order valence-corrected chi connectivity index (χ2v) is 5.57. The maximum atomic E-state index is 10.7. The van der Waals surface area contributed by atoms with Gasteiger partial charge in [0, 0.05) is 23.8 Å². The minimum absolute atomic E-state index is 0.0393. The third-order valence-corrected chi connectivity index (χ3v) is 3.39. The maximum Gasteiger partial charge on any atom is 0.269 e. The number of nitro groups is 1. The van der Waals surface area contributed by atoms with Crippen LogP contribution in [0.3, 0.4) is 0 Å². The van der Waals surface area contributed by atoms with Crippen molar-refractivity contribution in [2.75, 3.05) is 18.6 Å². The molecule has 0 saturated carbocycles. The average molecular weight is 357 g/mol. The van der Waals surface area contributed by atoms with Crippen molar-refractivity contribution in [2.45, 2.75) is 26.7 Å². The van der Waals surface area contributed by atoms with Crippen molar-refractivity contribution in [1.29, 1.82) is 0 Å². The summed E-state index contributed by atoms with van der Waals surface area (Å²) in [6, 6.07) is 11.7. The van der Waals surface area contributed by atoms with Gasteiger partial charge >= 0.3 is 0 Å². The number of nitrogens with one attached hydrogen (secondary N) is 1. The molecule has 0 unspecified atom stereocenters. The van der Waals surface area contributed by atoms with Gasteiger partial charge in [0.05, 0.1) is 30.0 Å².